The number of phenols is 3. The van der Waals surface area contributed by atoms with Crippen LogP contribution < -0.4 is 23.7 Å². The summed E-state index contributed by atoms with van der Waals surface area (Å²) in [5, 5.41) is 50.6. The summed E-state index contributed by atoms with van der Waals surface area (Å²) in [5.74, 6) is -0.503. The number of rotatable bonds is 9. The molecule has 202 valence electrons. The van der Waals surface area contributed by atoms with Crippen LogP contribution in [0.5, 0.6) is 46.0 Å². The van der Waals surface area contributed by atoms with Crippen molar-refractivity contribution in [2.45, 2.75) is 24.7 Å². The molecule has 1 unspecified atom stereocenters. The Labute approximate surface area is 218 Å². The van der Waals surface area contributed by atoms with Crippen LogP contribution in [0.1, 0.15) is 40.1 Å². The Hall–Kier alpha value is -4.35. The van der Waals surface area contributed by atoms with Gasteiger partial charge in [0.25, 0.3) is 0 Å². The molecule has 0 fully saturated rings. The van der Waals surface area contributed by atoms with Gasteiger partial charge in [0, 0.05) is 17.7 Å². The largest absolute Gasteiger partial charge is 0.508 e. The summed E-state index contributed by atoms with van der Waals surface area (Å²) in [5.41, 5.74) is 0.799. The Bertz CT molecular complexity index is 1310. The number of hydrogen-bond acceptors (Lipinski definition) is 11. The number of ketones is 1. The van der Waals surface area contributed by atoms with Gasteiger partial charge in [0.2, 0.25) is 5.75 Å². The predicted octanol–water partition coefficient (Wildman–Crippen LogP) is 3.01. The summed E-state index contributed by atoms with van der Waals surface area (Å²) < 4.78 is 27.9. The lowest BCUT2D eigenvalue weighted by Gasteiger charge is -2.28. The summed E-state index contributed by atoms with van der Waals surface area (Å²) in [6.45, 7) is -0.581. The maximum Gasteiger partial charge on any atom is 0.204 e. The van der Waals surface area contributed by atoms with Crippen LogP contribution in [0, 0.1) is 0 Å². The number of phenolic OH excluding ortho intramolecular Hbond substituents is 3. The van der Waals surface area contributed by atoms with Gasteiger partial charge in [0.05, 0.1) is 34.4 Å². The van der Waals surface area contributed by atoms with Crippen molar-refractivity contribution < 1.29 is 54.0 Å². The van der Waals surface area contributed by atoms with E-state index in [0.717, 1.165) is 6.07 Å². The average Bonchev–Trinajstić information content (AvgIpc) is 2.90. The molecule has 0 spiro atoms. The Morgan fingerprint density at radius 3 is 2.18 bits per heavy atom. The molecule has 11 nitrogen and oxygen atoms in total. The maximum atomic E-state index is 12.7. The smallest absolute Gasteiger partial charge is 0.204 e. The Morgan fingerprint density at radius 2 is 1.58 bits per heavy atom. The lowest BCUT2D eigenvalue weighted by Crippen LogP contribution is -2.29. The highest BCUT2D eigenvalue weighted by molar-refractivity contribution is 6.02. The third-order valence-electron chi connectivity index (χ3n) is 6.19. The van der Waals surface area contributed by atoms with Crippen LogP contribution in [0.25, 0.3) is 0 Å². The van der Waals surface area contributed by atoms with Crippen molar-refractivity contribution in [1.82, 2.24) is 0 Å². The number of methoxy groups -OCH3 is 3. The maximum absolute atomic E-state index is 12.7. The monoisotopic (exact) mass is 528 g/mol. The van der Waals surface area contributed by atoms with Crippen LogP contribution in [0.3, 0.4) is 0 Å². The van der Waals surface area contributed by atoms with Crippen molar-refractivity contribution in [2.24, 2.45) is 0 Å². The molecule has 5 N–H and O–H groups in total. The molecule has 0 aliphatic carbocycles. The van der Waals surface area contributed by atoms with E-state index in [-0.39, 0.29) is 63.8 Å². The fraction of sp³-hybridized carbons (Fsp3) is 0.296. The molecule has 4 rings (SSSR count). The van der Waals surface area contributed by atoms with Crippen molar-refractivity contribution in [1.29, 1.82) is 0 Å². The summed E-state index contributed by atoms with van der Waals surface area (Å²) in [6.07, 6.45) is -3.38. The van der Waals surface area contributed by atoms with E-state index in [9.17, 15) is 30.3 Å². The van der Waals surface area contributed by atoms with Crippen LogP contribution in [0.2, 0.25) is 0 Å². The van der Waals surface area contributed by atoms with E-state index in [4.69, 9.17) is 23.7 Å². The van der Waals surface area contributed by atoms with Crippen LogP contribution in [-0.4, -0.2) is 65.4 Å². The number of carbonyl (C=O) groups is 1. The molecule has 0 saturated heterocycles. The summed E-state index contributed by atoms with van der Waals surface area (Å²) in [4.78, 5) is 12.7. The molecular formula is C27H28O11. The molecule has 0 amide bonds. The number of aromatic hydroxyl groups is 3. The van der Waals surface area contributed by atoms with Crippen LogP contribution in [-0.2, 0) is 0 Å². The Morgan fingerprint density at radius 1 is 0.921 bits per heavy atom. The molecule has 38 heavy (non-hydrogen) atoms. The number of carbonyl (C=O) groups excluding carboxylic acids is 1. The van der Waals surface area contributed by atoms with Gasteiger partial charge < -0.3 is 49.2 Å². The molecule has 1 aliphatic rings. The number of Topliss-reactive ketones (excluding diaryl/α,β-unsaturated/α-hetero) is 1. The van der Waals surface area contributed by atoms with Gasteiger partial charge in [-0.2, -0.15) is 0 Å². The van der Waals surface area contributed by atoms with Crippen molar-refractivity contribution in [3.05, 3.63) is 59.2 Å². The predicted molar refractivity (Wildman–Crippen MR) is 133 cm³/mol. The quantitative estimate of drug-likeness (QED) is 0.277. The van der Waals surface area contributed by atoms with Gasteiger partial charge >= 0.3 is 0 Å². The van der Waals surface area contributed by atoms with E-state index in [2.05, 4.69) is 0 Å². The molecule has 0 radical (unpaired) electrons. The third kappa shape index (κ3) is 5.06. The minimum absolute atomic E-state index is 0.0106. The summed E-state index contributed by atoms with van der Waals surface area (Å²) in [6, 6.07) is 9.69. The van der Waals surface area contributed by atoms with E-state index in [1.165, 1.54) is 45.6 Å². The average molecular weight is 529 g/mol. The number of aliphatic hydroxyl groups excluding tert-OH is 2. The van der Waals surface area contributed by atoms with E-state index >= 15 is 0 Å². The molecule has 1 heterocycles. The van der Waals surface area contributed by atoms with Crippen LogP contribution >= 0.6 is 0 Å². The normalized spacial score (nSPS) is 16.1. The SMILES string of the molecule is COc1cc([C@H](O)[C@H](CO)Oc2c(OC)cc(C3CC(=O)c4c(O)cc(O)cc4O3)cc2OC)ccc1O. The first-order valence-electron chi connectivity index (χ1n) is 11.5. The van der Waals surface area contributed by atoms with Crippen molar-refractivity contribution in [2.75, 3.05) is 27.9 Å². The van der Waals surface area contributed by atoms with Crippen LogP contribution in [0.15, 0.2) is 42.5 Å². The summed E-state index contributed by atoms with van der Waals surface area (Å²) >= 11 is 0. The van der Waals surface area contributed by atoms with Crippen LogP contribution in [0.4, 0.5) is 0 Å². The standard InChI is InChI=1S/C27H28O11/c1-34-20-6-13(4-5-16(20)30)26(33)24(12-28)38-27-22(35-2)7-14(8-23(27)36-3)19-11-18(32)25-17(31)9-15(29)10-21(25)37-19/h4-10,19,24,26,28-31,33H,11-12H2,1-3H3/t19?,24-,26-/m0/s1. The number of aliphatic hydroxyl groups is 2. The first-order valence-corrected chi connectivity index (χ1v) is 11.5. The van der Waals surface area contributed by atoms with E-state index in [1.807, 2.05) is 0 Å². The molecule has 0 aromatic heterocycles. The Kier molecular flexibility index (Phi) is 7.70. The molecule has 0 bridgehead atoms. The molecule has 3 aromatic carbocycles. The lowest BCUT2D eigenvalue weighted by atomic mass is 9.95. The van der Waals surface area contributed by atoms with Gasteiger partial charge in [-0.3, -0.25) is 4.79 Å². The zero-order valence-electron chi connectivity index (χ0n) is 20.9. The highest BCUT2D eigenvalue weighted by Gasteiger charge is 2.33. The highest BCUT2D eigenvalue weighted by Crippen LogP contribution is 2.46. The Balaban J connectivity index is 1.66. The second-order valence-corrected chi connectivity index (χ2v) is 8.54. The molecule has 0 saturated carbocycles. The fourth-order valence-electron chi connectivity index (χ4n) is 4.26. The van der Waals surface area contributed by atoms with Gasteiger partial charge in [-0.05, 0) is 29.8 Å². The zero-order valence-corrected chi connectivity index (χ0v) is 20.9. The fourth-order valence-corrected chi connectivity index (χ4v) is 4.26. The van der Waals surface area contributed by atoms with E-state index in [1.54, 1.807) is 12.1 Å². The molecule has 3 atom stereocenters. The topological polar surface area (TPSA) is 164 Å². The molecule has 1 aliphatic heterocycles. The van der Waals surface area contributed by atoms with Gasteiger partial charge in [0.1, 0.15) is 35.0 Å². The molecule has 3 aromatic rings. The van der Waals surface area contributed by atoms with E-state index in [0.29, 0.717) is 11.1 Å². The van der Waals surface area contributed by atoms with Gasteiger partial charge in [0.15, 0.2) is 34.9 Å². The third-order valence-corrected chi connectivity index (χ3v) is 6.19. The number of fused-ring (bicyclic) bond motifs is 1. The number of benzene rings is 3. The zero-order chi connectivity index (χ0) is 27.6. The highest BCUT2D eigenvalue weighted by atomic mass is 16.6. The lowest BCUT2D eigenvalue weighted by molar-refractivity contribution is -0.00180. The van der Waals surface area contributed by atoms with Gasteiger partial charge in [-0.15, -0.1) is 0 Å². The second kappa shape index (κ2) is 11.0. The molecule has 11 heteroatoms. The van der Waals surface area contributed by atoms with Crippen molar-refractivity contribution >= 4 is 5.78 Å². The minimum Gasteiger partial charge on any atom is -0.508 e. The summed E-state index contributed by atoms with van der Waals surface area (Å²) in [7, 11) is 4.15. The number of ether oxygens (including phenoxy) is 5. The van der Waals surface area contributed by atoms with Gasteiger partial charge in [-0.25, -0.2) is 0 Å². The van der Waals surface area contributed by atoms with E-state index < -0.39 is 24.9 Å². The molecular weight excluding hydrogens is 500 g/mol. The van der Waals surface area contributed by atoms with Crippen molar-refractivity contribution in [3.8, 4) is 46.0 Å². The second-order valence-electron chi connectivity index (χ2n) is 8.54. The first-order chi connectivity index (χ1) is 18.2. The van der Waals surface area contributed by atoms with Crippen molar-refractivity contribution in [3.63, 3.8) is 0 Å². The number of hydrogen-bond donors (Lipinski definition) is 5. The first kappa shape index (κ1) is 26.7. The minimum atomic E-state index is -1.32. The van der Waals surface area contributed by atoms with Gasteiger partial charge in [-0.1, -0.05) is 6.07 Å².